The number of alkyl halides is 8. The molecule has 1 N–H and O–H groups in total. The minimum Gasteiger partial charge on any atom is -0.352 e. The summed E-state index contributed by atoms with van der Waals surface area (Å²) in [5.74, 6) is -5.49. The lowest BCUT2D eigenvalue weighted by Crippen LogP contribution is -2.57. The van der Waals surface area contributed by atoms with E-state index in [-0.39, 0.29) is 29.6 Å². The summed E-state index contributed by atoms with van der Waals surface area (Å²) in [5, 5.41) is 6.69. The molecule has 1 amide bonds. The molecule has 0 aromatic carbocycles. The maximum absolute atomic E-state index is 14.6. The van der Waals surface area contributed by atoms with Crippen molar-refractivity contribution in [3.63, 3.8) is 0 Å². The minimum atomic E-state index is -4.70. The SMILES string of the molecule is CC1CC(F)(F)CN(C(=O)c2nn(C)cc2-c2ncc(C(F)(F)F)cn2)C1CNc1ncc(C(F)(F)F)cn1. The maximum Gasteiger partial charge on any atom is 0.419 e. The summed E-state index contributed by atoms with van der Waals surface area (Å²) in [7, 11) is 1.42. The average Bonchev–Trinajstić information content (AvgIpc) is 3.23. The van der Waals surface area contributed by atoms with Crippen molar-refractivity contribution in [1.82, 2.24) is 34.6 Å². The first-order valence-corrected chi connectivity index (χ1v) is 11.3. The van der Waals surface area contributed by atoms with Gasteiger partial charge in [0.25, 0.3) is 11.8 Å². The van der Waals surface area contributed by atoms with Crippen LogP contribution in [0.2, 0.25) is 0 Å². The van der Waals surface area contributed by atoms with E-state index in [2.05, 4.69) is 30.4 Å². The second-order valence-corrected chi connectivity index (χ2v) is 9.07. The van der Waals surface area contributed by atoms with Gasteiger partial charge in [-0.15, -0.1) is 0 Å². The van der Waals surface area contributed by atoms with Crippen molar-refractivity contribution in [2.24, 2.45) is 13.0 Å². The zero-order valence-electron chi connectivity index (χ0n) is 20.2. The van der Waals surface area contributed by atoms with Crippen LogP contribution in [0.15, 0.2) is 31.0 Å². The highest BCUT2D eigenvalue weighted by atomic mass is 19.4. The normalized spacial score (nSPS) is 19.7. The average molecular weight is 564 g/mol. The van der Waals surface area contributed by atoms with Gasteiger partial charge in [0, 0.05) is 51.0 Å². The summed E-state index contributed by atoms with van der Waals surface area (Å²) in [4.78, 5) is 28.9. The fourth-order valence-corrected chi connectivity index (χ4v) is 4.20. The first-order valence-electron chi connectivity index (χ1n) is 11.3. The summed E-state index contributed by atoms with van der Waals surface area (Å²) in [6, 6.07) is -0.897. The number of aromatic nitrogens is 6. The third-order valence-electron chi connectivity index (χ3n) is 6.04. The van der Waals surface area contributed by atoms with Gasteiger partial charge in [-0.05, 0) is 5.92 Å². The highest BCUT2D eigenvalue weighted by Crippen LogP contribution is 2.36. The molecule has 0 aliphatic carbocycles. The number of rotatable bonds is 5. The summed E-state index contributed by atoms with van der Waals surface area (Å²) >= 11 is 0. The van der Waals surface area contributed by atoms with Crippen LogP contribution in [0, 0.1) is 5.92 Å². The van der Waals surface area contributed by atoms with E-state index in [9.17, 15) is 39.9 Å². The predicted octanol–water partition coefficient (Wildman–Crippen LogP) is 4.30. The third-order valence-corrected chi connectivity index (χ3v) is 6.04. The predicted molar refractivity (Wildman–Crippen MR) is 118 cm³/mol. The first-order chi connectivity index (χ1) is 18.0. The molecule has 39 heavy (non-hydrogen) atoms. The molecule has 2 atom stereocenters. The molecule has 1 fully saturated rings. The van der Waals surface area contributed by atoms with Gasteiger partial charge in [-0.1, -0.05) is 6.92 Å². The Kier molecular flexibility index (Phi) is 7.20. The molecule has 1 saturated heterocycles. The number of carbonyl (C=O) groups excluding carboxylic acids is 1. The smallest absolute Gasteiger partial charge is 0.352 e. The zero-order valence-corrected chi connectivity index (χ0v) is 20.2. The number of nitrogens with one attached hydrogen (secondary N) is 1. The zero-order chi connectivity index (χ0) is 28.8. The van der Waals surface area contributed by atoms with Crippen molar-refractivity contribution in [3.8, 4) is 11.4 Å². The minimum absolute atomic E-state index is 0.0736. The van der Waals surface area contributed by atoms with Crippen LogP contribution in [0.25, 0.3) is 11.4 Å². The van der Waals surface area contributed by atoms with E-state index in [1.807, 2.05) is 0 Å². The topological polar surface area (TPSA) is 102 Å². The molecule has 0 spiro atoms. The second-order valence-electron chi connectivity index (χ2n) is 9.07. The monoisotopic (exact) mass is 564 g/mol. The number of hydrogen-bond donors (Lipinski definition) is 1. The molecule has 4 rings (SSSR count). The summed E-state index contributed by atoms with van der Waals surface area (Å²) in [6.45, 7) is 0.291. The molecule has 0 saturated carbocycles. The van der Waals surface area contributed by atoms with Gasteiger partial charge in [-0.2, -0.15) is 31.4 Å². The van der Waals surface area contributed by atoms with Gasteiger partial charge in [0.05, 0.1) is 29.3 Å². The van der Waals surface area contributed by atoms with Gasteiger partial charge in [0.2, 0.25) is 5.95 Å². The lowest BCUT2D eigenvalue weighted by atomic mass is 9.88. The molecule has 0 radical (unpaired) electrons. The van der Waals surface area contributed by atoms with Crippen LogP contribution in [0.5, 0.6) is 0 Å². The molecular weight excluding hydrogens is 544 g/mol. The lowest BCUT2D eigenvalue weighted by Gasteiger charge is -2.43. The second kappa shape index (κ2) is 10.00. The van der Waals surface area contributed by atoms with Crippen LogP contribution < -0.4 is 5.32 Å². The summed E-state index contributed by atoms with van der Waals surface area (Å²) in [5.41, 5.74) is -2.64. The Bertz CT molecular complexity index is 1320. The molecule has 4 heterocycles. The van der Waals surface area contributed by atoms with E-state index in [0.29, 0.717) is 24.8 Å². The van der Waals surface area contributed by atoms with E-state index in [1.165, 1.54) is 24.9 Å². The van der Waals surface area contributed by atoms with Crippen LogP contribution in [-0.2, 0) is 19.4 Å². The van der Waals surface area contributed by atoms with Gasteiger partial charge in [-0.3, -0.25) is 9.48 Å². The number of likely N-dealkylation sites (tertiary alicyclic amines) is 1. The van der Waals surface area contributed by atoms with Crippen molar-refractivity contribution in [1.29, 1.82) is 0 Å². The number of amides is 1. The van der Waals surface area contributed by atoms with E-state index < -0.39 is 60.2 Å². The summed E-state index contributed by atoms with van der Waals surface area (Å²) < 4.78 is 107. The number of aryl methyl sites for hydroxylation is 1. The van der Waals surface area contributed by atoms with Gasteiger partial charge in [0.15, 0.2) is 11.5 Å². The van der Waals surface area contributed by atoms with Gasteiger partial charge >= 0.3 is 12.4 Å². The van der Waals surface area contributed by atoms with Crippen molar-refractivity contribution in [2.75, 3.05) is 18.4 Å². The molecule has 2 unspecified atom stereocenters. The molecule has 9 nitrogen and oxygen atoms in total. The Morgan fingerprint density at radius 3 is 2.08 bits per heavy atom. The van der Waals surface area contributed by atoms with E-state index in [4.69, 9.17) is 0 Å². The van der Waals surface area contributed by atoms with E-state index >= 15 is 0 Å². The quantitative estimate of drug-likeness (QED) is 0.461. The molecule has 17 heteroatoms. The Morgan fingerprint density at radius 1 is 1.00 bits per heavy atom. The largest absolute Gasteiger partial charge is 0.419 e. The van der Waals surface area contributed by atoms with E-state index in [1.54, 1.807) is 0 Å². The van der Waals surface area contributed by atoms with Crippen LogP contribution in [0.4, 0.5) is 41.1 Å². The van der Waals surface area contributed by atoms with Crippen molar-refractivity contribution in [3.05, 3.63) is 47.8 Å². The van der Waals surface area contributed by atoms with Gasteiger partial charge in [0.1, 0.15) is 0 Å². The molecule has 1 aliphatic rings. The molecule has 1 aliphatic heterocycles. The standard InChI is InChI=1S/C22H20F8N8O/c1-11-3-20(23,24)10-38(15(11)8-35-19-33-6-13(7-34-19)22(28,29)30)18(39)16-14(9-37(2)36-16)17-31-4-12(5-32-17)21(25,26)27/h4-7,9,11,15H,3,8,10H2,1-2H3,(H,33,34,35). The number of carbonyl (C=O) groups is 1. The number of halogens is 8. The Hall–Kier alpha value is -3.92. The number of anilines is 1. The maximum atomic E-state index is 14.6. The van der Waals surface area contributed by atoms with Gasteiger partial charge in [-0.25, -0.2) is 28.7 Å². The Balaban J connectivity index is 1.61. The van der Waals surface area contributed by atoms with Crippen LogP contribution >= 0.6 is 0 Å². The molecular formula is C22H20F8N8O. The lowest BCUT2D eigenvalue weighted by molar-refractivity contribution is -0.138. The molecule has 0 bridgehead atoms. The fraction of sp³-hybridized carbons (Fsp3) is 0.455. The van der Waals surface area contributed by atoms with E-state index in [0.717, 1.165) is 4.90 Å². The fourth-order valence-electron chi connectivity index (χ4n) is 4.20. The number of piperidine rings is 1. The van der Waals surface area contributed by atoms with Crippen LogP contribution in [0.1, 0.15) is 35.0 Å². The number of hydrogen-bond acceptors (Lipinski definition) is 7. The van der Waals surface area contributed by atoms with Crippen molar-refractivity contribution < 1.29 is 39.9 Å². The van der Waals surface area contributed by atoms with Gasteiger partial charge < -0.3 is 10.2 Å². The summed E-state index contributed by atoms with van der Waals surface area (Å²) in [6.07, 6.45) is -6.49. The van der Waals surface area contributed by atoms with Crippen molar-refractivity contribution >= 4 is 11.9 Å². The van der Waals surface area contributed by atoms with Crippen molar-refractivity contribution in [2.45, 2.75) is 37.7 Å². The van der Waals surface area contributed by atoms with Crippen LogP contribution in [-0.4, -0.2) is 65.6 Å². The highest BCUT2D eigenvalue weighted by Gasteiger charge is 2.47. The molecule has 210 valence electrons. The third kappa shape index (κ3) is 6.22. The molecule has 3 aromatic rings. The highest BCUT2D eigenvalue weighted by molar-refractivity contribution is 5.98. The molecule has 3 aromatic heterocycles. The first kappa shape index (κ1) is 28.1. The Labute approximate surface area is 215 Å². The Morgan fingerprint density at radius 2 is 1.54 bits per heavy atom. The van der Waals surface area contributed by atoms with Crippen LogP contribution in [0.3, 0.4) is 0 Å². The number of nitrogens with zero attached hydrogens (tertiary/aromatic N) is 7.